The highest BCUT2D eigenvalue weighted by Gasteiger charge is 2.27. The lowest BCUT2D eigenvalue weighted by Crippen LogP contribution is -2.47. The quantitative estimate of drug-likeness (QED) is 0.853. The lowest BCUT2D eigenvalue weighted by Gasteiger charge is -2.32. The zero-order valence-corrected chi connectivity index (χ0v) is 14.5. The number of likely N-dealkylation sites (N-methyl/N-ethyl adjacent to an activating group) is 1. The van der Waals surface area contributed by atoms with Crippen molar-refractivity contribution in [2.75, 3.05) is 26.7 Å². The first-order valence-corrected chi connectivity index (χ1v) is 8.56. The lowest BCUT2D eigenvalue weighted by atomic mass is 9.97. The van der Waals surface area contributed by atoms with Crippen LogP contribution in [-0.2, 0) is 16.1 Å². The molecule has 1 aliphatic heterocycles. The van der Waals surface area contributed by atoms with Gasteiger partial charge in [0.2, 0.25) is 11.8 Å². The monoisotopic (exact) mass is 373 g/mol. The molecule has 2 heterocycles. The van der Waals surface area contributed by atoms with Gasteiger partial charge in [-0.2, -0.15) is 0 Å². The Morgan fingerprint density at radius 3 is 2.90 bits per heavy atom. The number of carbonyl (C=O) groups excluding carboxylic acids is 2. The molecule has 2 N–H and O–H groups in total. The highest BCUT2D eigenvalue weighted by molar-refractivity contribution is 9.11. The molecule has 116 valence electrons. The number of likely N-dealkylation sites (tertiary alicyclic amines) is 1. The van der Waals surface area contributed by atoms with Crippen molar-refractivity contribution in [3.63, 3.8) is 0 Å². The molecule has 0 aromatic carbocycles. The van der Waals surface area contributed by atoms with Crippen LogP contribution < -0.4 is 5.73 Å². The van der Waals surface area contributed by atoms with Gasteiger partial charge in [0.1, 0.15) is 0 Å². The summed E-state index contributed by atoms with van der Waals surface area (Å²) in [6.45, 7) is 2.30. The van der Waals surface area contributed by atoms with Gasteiger partial charge in [0.25, 0.3) is 0 Å². The van der Waals surface area contributed by atoms with Crippen molar-refractivity contribution in [1.29, 1.82) is 0 Å². The van der Waals surface area contributed by atoms with Gasteiger partial charge in [-0.1, -0.05) is 0 Å². The summed E-state index contributed by atoms with van der Waals surface area (Å²) >= 11 is 5.11. The van der Waals surface area contributed by atoms with E-state index >= 15 is 0 Å². The Balaban J connectivity index is 1.84. The van der Waals surface area contributed by atoms with Crippen LogP contribution in [0.2, 0.25) is 0 Å². The summed E-state index contributed by atoms with van der Waals surface area (Å²) in [5, 5.41) is 0. The molecule has 0 spiro atoms. The van der Waals surface area contributed by atoms with E-state index < -0.39 is 0 Å². The summed E-state index contributed by atoms with van der Waals surface area (Å²) in [6.07, 6.45) is 1.64. The van der Waals surface area contributed by atoms with Crippen molar-refractivity contribution < 1.29 is 9.59 Å². The number of piperidine rings is 1. The molecule has 21 heavy (non-hydrogen) atoms. The third-order valence-electron chi connectivity index (χ3n) is 3.64. The molecule has 1 unspecified atom stereocenters. The molecule has 1 aromatic heterocycles. The van der Waals surface area contributed by atoms with E-state index in [1.165, 1.54) is 4.88 Å². The number of nitrogens with zero attached hydrogens (tertiary/aromatic N) is 2. The number of amides is 2. The van der Waals surface area contributed by atoms with Gasteiger partial charge < -0.3 is 10.6 Å². The maximum atomic E-state index is 12.3. The van der Waals surface area contributed by atoms with Crippen molar-refractivity contribution in [1.82, 2.24) is 9.80 Å². The maximum absolute atomic E-state index is 12.3. The minimum Gasteiger partial charge on any atom is -0.369 e. The highest BCUT2D eigenvalue weighted by atomic mass is 79.9. The summed E-state index contributed by atoms with van der Waals surface area (Å²) in [5.41, 5.74) is 5.34. The third-order valence-corrected chi connectivity index (χ3v) is 5.24. The second kappa shape index (κ2) is 7.38. The first kappa shape index (κ1) is 16.5. The Hall–Kier alpha value is -0.920. The number of hydrogen-bond donors (Lipinski definition) is 1. The van der Waals surface area contributed by atoms with Crippen LogP contribution in [0.25, 0.3) is 0 Å². The molecule has 1 aliphatic rings. The van der Waals surface area contributed by atoms with Crippen LogP contribution in [0.15, 0.2) is 15.9 Å². The molecule has 2 rings (SSSR count). The number of primary amides is 1. The van der Waals surface area contributed by atoms with E-state index in [2.05, 4.69) is 22.0 Å². The molecule has 0 aliphatic carbocycles. The smallest absolute Gasteiger partial charge is 0.236 e. The number of carbonyl (C=O) groups is 2. The van der Waals surface area contributed by atoms with Gasteiger partial charge in [-0.25, -0.2) is 0 Å². The molecule has 7 heteroatoms. The van der Waals surface area contributed by atoms with Crippen LogP contribution in [0.1, 0.15) is 17.7 Å². The van der Waals surface area contributed by atoms with Crippen molar-refractivity contribution in [2.24, 2.45) is 11.7 Å². The Morgan fingerprint density at radius 2 is 2.29 bits per heavy atom. The molecular weight excluding hydrogens is 354 g/mol. The number of thiophene rings is 1. The average Bonchev–Trinajstić information content (AvgIpc) is 2.83. The number of hydrogen-bond acceptors (Lipinski definition) is 4. The fourth-order valence-electron chi connectivity index (χ4n) is 2.53. The molecule has 1 atom stereocenters. The lowest BCUT2D eigenvalue weighted by molar-refractivity contribution is -0.135. The molecule has 5 nitrogen and oxygen atoms in total. The van der Waals surface area contributed by atoms with Gasteiger partial charge in [-0.15, -0.1) is 11.3 Å². The third kappa shape index (κ3) is 4.79. The number of halogens is 1. The van der Waals surface area contributed by atoms with E-state index in [0.717, 1.165) is 29.7 Å². The van der Waals surface area contributed by atoms with Crippen LogP contribution >= 0.6 is 27.3 Å². The van der Waals surface area contributed by atoms with E-state index in [1.807, 2.05) is 18.0 Å². The van der Waals surface area contributed by atoms with Crippen molar-refractivity contribution in [2.45, 2.75) is 19.4 Å². The van der Waals surface area contributed by atoms with Gasteiger partial charge in [-0.05, 0) is 48.0 Å². The summed E-state index contributed by atoms with van der Waals surface area (Å²) in [7, 11) is 1.93. The summed E-state index contributed by atoms with van der Waals surface area (Å²) in [6, 6.07) is 4.07. The Kier molecular flexibility index (Phi) is 5.78. The van der Waals surface area contributed by atoms with E-state index in [0.29, 0.717) is 13.1 Å². The molecule has 0 saturated carbocycles. The second-order valence-corrected chi connectivity index (χ2v) is 8.01. The van der Waals surface area contributed by atoms with Crippen LogP contribution in [0.4, 0.5) is 0 Å². The average molecular weight is 374 g/mol. The summed E-state index contributed by atoms with van der Waals surface area (Å²) < 4.78 is 1.09. The minimum atomic E-state index is -0.302. The highest BCUT2D eigenvalue weighted by Crippen LogP contribution is 2.23. The number of rotatable bonds is 5. The predicted molar refractivity (Wildman–Crippen MR) is 86.9 cm³/mol. The molecule has 2 amide bonds. The number of nitrogens with two attached hydrogens (primary N) is 1. The first-order valence-electron chi connectivity index (χ1n) is 6.95. The largest absolute Gasteiger partial charge is 0.369 e. The van der Waals surface area contributed by atoms with Gasteiger partial charge in [0.15, 0.2) is 0 Å². The zero-order chi connectivity index (χ0) is 15.4. The first-order chi connectivity index (χ1) is 9.95. The summed E-state index contributed by atoms with van der Waals surface area (Å²) in [5.74, 6) is -0.426. The van der Waals surface area contributed by atoms with Crippen molar-refractivity contribution >= 4 is 39.1 Å². The van der Waals surface area contributed by atoms with Crippen molar-refractivity contribution in [3.8, 4) is 0 Å². The topological polar surface area (TPSA) is 66.6 Å². The molecule has 1 fully saturated rings. The van der Waals surface area contributed by atoms with Crippen molar-refractivity contribution in [3.05, 3.63) is 20.8 Å². The standard InChI is InChI=1S/C14H20BrN3O2S/c1-17(8-11-4-5-12(15)21-11)9-13(19)18-6-2-3-10(7-18)14(16)20/h4-5,10H,2-3,6-9H2,1H3,(H2,16,20). The fraction of sp³-hybridized carbons (Fsp3) is 0.571. The van der Waals surface area contributed by atoms with Gasteiger partial charge in [0, 0.05) is 24.5 Å². The van der Waals surface area contributed by atoms with E-state index in [-0.39, 0.29) is 17.7 Å². The molecule has 1 aromatic rings. The van der Waals surface area contributed by atoms with Crippen LogP contribution in [-0.4, -0.2) is 48.3 Å². The molecule has 1 saturated heterocycles. The zero-order valence-electron chi connectivity index (χ0n) is 12.0. The maximum Gasteiger partial charge on any atom is 0.236 e. The van der Waals surface area contributed by atoms with E-state index in [4.69, 9.17) is 5.73 Å². The van der Waals surface area contributed by atoms with Gasteiger partial charge in [-0.3, -0.25) is 14.5 Å². The molecule has 0 bridgehead atoms. The minimum absolute atomic E-state index is 0.0686. The summed E-state index contributed by atoms with van der Waals surface area (Å²) in [4.78, 5) is 28.5. The second-order valence-electron chi connectivity index (χ2n) is 5.46. The normalized spacial score (nSPS) is 19.0. The SMILES string of the molecule is CN(CC(=O)N1CCCC(C(N)=O)C1)Cc1ccc(Br)s1. The Labute approximate surface area is 137 Å². The Morgan fingerprint density at radius 1 is 1.52 bits per heavy atom. The fourth-order valence-corrected chi connectivity index (χ4v) is 4.09. The molecule has 0 radical (unpaired) electrons. The van der Waals surface area contributed by atoms with Crippen LogP contribution in [0.3, 0.4) is 0 Å². The predicted octanol–water partition coefficient (Wildman–Crippen LogP) is 1.67. The van der Waals surface area contributed by atoms with Gasteiger partial charge in [0.05, 0.1) is 16.2 Å². The van der Waals surface area contributed by atoms with Crippen LogP contribution in [0.5, 0.6) is 0 Å². The Bertz CT molecular complexity index is 520. The van der Waals surface area contributed by atoms with E-state index in [1.54, 1.807) is 16.2 Å². The van der Waals surface area contributed by atoms with E-state index in [9.17, 15) is 9.59 Å². The molecular formula is C14H20BrN3O2S. The van der Waals surface area contributed by atoms with Gasteiger partial charge >= 0.3 is 0 Å². The van der Waals surface area contributed by atoms with Crippen LogP contribution in [0, 0.1) is 5.92 Å².